The Kier molecular flexibility index (Phi) is 4.65. The van der Waals surface area contributed by atoms with Crippen LogP contribution < -0.4 is 0 Å². The van der Waals surface area contributed by atoms with Gasteiger partial charge in [0.25, 0.3) is 0 Å². The largest absolute Gasteiger partial charge is 0.472 e. The second-order valence-corrected chi connectivity index (χ2v) is 8.90. The smallest absolute Gasteiger partial charge is 0.334 e. The molecule has 2 aliphatic carbocycles. The number of hydrogen-bond donors (Lipinski definition) is 1. The average molecular weight is 388 g/mol. The molecule has 1 spiro atoms. The quantitative estimate of drug-likeness (QED) is 0.794. The molecule has 6 heteroatoms. The molecule has 1 aromatic rings. The molecule has 2 heterocycles. The zero-order valence-electron chi connectivity index (χ0n) is 16.6. The van der Waals surface area contributed by atoms with E-state index in [2.05, 4.69) is 13.8 Å². The van der Waals surface area contributed by atoms with Crippen LogP contribution in [0.2, 0.25) is 0 Å². The first-order valence-corrected chi connectivity index (χ1v) is 10.0. The molecule has 1 aliphatic heterocycles. The van der Waals surface area contributed by atoms with E-state index in [9.17, 15) is 14.7 Å². The molecule has 0 aromatic carbocycles. The van der Waals surface area contributed by atoms with Crippen molar-refractivity contribution in [3.05, 3.63) is 35.8 Å². The van der Waals surface area contributed by atoms with E-state index >= 15 is 0 Å². The summed E-state index contributed by atoms with van der Waals surface area (Å²) in [5.74, 6) is -0.449. The molecule has 6 nitrogen and oxygen atoms in total. The number of cyclic esters (lactones) is 1. The first kappa shape index (κ1) is 19.2. The number of rotatable bonds is 4. The van der Waals surface area contributed by atoms with Crippen LogP contribution in [0.3, 0.4) is 0 Å². The number of furan rings is 1. The number of carbonyl (C=O) groups is 2. The third-order valence-corrected chi connectivity index (χ3v) is 7.52. The van der Waals surface area contributed by atoms with Gasteiger partial charge in [0.05, 0.1) is 18.6 Å². The summed E-state index contributed by atoms with van der Waals surface area (Å²) in [6.45, 7) is 5.95. The molecule has 1 N–H and O–H groups in total. The van der Waals surface area contributed by atoms with Crippen LogP contribution in [0.4, 0.5) is 0 Å². The number of ether oxygens (including phenoxy) is 2. The highest BCUT2D eigenvalue weighted by Crippen LogP contribution is 2.64. The van der Waals surface area contributed by atoms with Crippen LogP contribution >= 0.6 is 0 Å². The molecule has 0 radical (unpaired) electrons. The van der Waals surface area contributed by atoms with E-state index in [1.165, 1.54) is 6.92 Å². The lowest BCUT2D eigenvalue weighted by molar-refractivity contribution is -0.160. The van der Waals surface area contributed by atoms with Gasteiger partial charge in [-0.1, -0.05) is 19.9 Å². The second-order valence-electron chi connectivity index (χ2n) is 8.90. The number of aliphatic hydroxyl groups excluding tert-OH is 1. The normalized spacial score (nSPS) is 38.1. The van der Waals surface area contributed by atoms with Gasteiger partial charge >= 0.3 is 11.9 Å². The summed E-state index contributed by atoms with van der Waals surface area (Å²) in [4.78, 5) is 24.1. The van der Waals surface area contributed by atoms with E-state index in [1.54, 1.807) is 12.5 Å². The molecule has 0 bridgehead atoms. The Morgan fingerprint density at radius 3 is 2.93 bits per heavy atom. The van der Waals surface area contributed by atoms with Crippen LogP contribution in [0, 0.1) is 22.7 Å². The molecular formula is C22H28O6. The zero-order chi connectivity index (χ0) is 20.1. The third kappa shape index (κ3) is 2.81. The highest BCUT2D eigenvalue weighted by Gasteiger charge is 2.63. The average Bonchev–Trinajstić information content (AvgIpc) is 3.28. The van der Waals surface area contributed by atoms with Gasteiger partial charge in [0.1, 0.15) is 12.7 Å². The lowest BCUT2D eigenvalue weighted by Crippen LogP contribution is -2.57. The molecule has 1 saturated carbocycles. The number of esters is 2. The molecular weight excluding hydrogens is 360 g/mol. The van der Waals surface area contributed by atoms with Gasteiger partial charge in [-0.25, -0.2) is 4.79 Å². The first-order valence-electron chi connectivity index (χ1n) is 10.0. The van der Waals surface area contributed by atoms with Gasteiger partial charge in [0.15, 0.2) is 0 Å². The summed E-state index contributed by atoms with van der Waals surface area (Å²) < 4.78 is 16.3. The van der Waals surface area contributed by atoms with Crippen molar-refractivity contribution in [1.82, 2.24) is 0 Å². The van der Waals surface area contributed by atoms with Crippen molar-refractivity contribution in [3.8, 4) is 0 Å². The predicted molar refractivity (Wildman–Crippen MR) is 99.9 cm³/mol. The maximum Gasteiger partial charge on any atom is 0.334 e. The predicted octanol–water partition coefficient (Wildman–Crippen LogP) is 3.56. The Balaban J connectivity index is 1.74. The topological polar surface area (TPSA) is 86.0 Å². The monoisotopic (exact) mass is 388 g/mol. The Morgan fingerprint density at radius 1 is 1.46 bits per heavy atom. The van der Waals surface area contributed by atoms with Gasteiger partial charge in [-0.3, -0.25) is 4.79 Å². The van der Waals surface area contributed by atoms with Crippen molar-refractivity contribution in [2.45, 2.75) is 58.7 Å². The fraction of sp³-hybridized carbons (Fsp3) is 0.636. The van der Waals surface area contributed by atoms with Crippen molar-refractivity contribution in [2.75, 3.05) is 6.61 Å². The van der Waals surface area contributed by atoms with Gasteiger partial charge in [-0.05, 0) is 49.0 Å². The molecule has 3 aliphatic rings. The SMILES string of the molecule is CC(=O)O[C@H](C[C@@]1(C)[C@H](C)[C@H](O)C[C@@]23COC(=O)C2=CCC[C@@H]31)c1ccoc1. The van der Waals surface area contributed by atoms with E-state index in [-0.39, 0.29) is 29.2 Å². The van der Waals surface area contributed by atoms with Crippen molar-refractivity contribution in [3.63, 3.8) is 0 Å². The molecule has 28 heavy (non-hydrogen) atoms. The summed E-state index contributed by atoms with van der Waals surface area (Å²) >= 11 is 0. The fourth-order valence-electron chi connectivity index (χ4n) is 5.99. The highest BCUT2D eigenvalue weighted by atomic mass is 16.5. The standard InChI is InChI=1S/C22H28O6/c1-13-17(24)9-22-12-27-20(25)16(22)5-4-6-19(22)21(13,3)10-18(28-14(2)23)15-7-8-26-11-15/h5,7-8,11,13,17-19,24H,4,6,9-10,12H2,1-3H3/t13-,17-,18-,19-,21+,22-/m1/s1. The van der Waals surface area contributed by atoms with Crippen LogP contribution in [-0.2, 0) is 19.1 Å². The zero-order valence-corrected chi connectivity index (χ0v) is 16.6. The minimum atomic E-state index is -0.556. The van der Waals surface area contributed by atoms with Gasteiger partial charge < -0.3 is 19.0 Å². The van der Waals surface area contributed by atoms with Crippen molar-refractivity contribution < 1.29 is 28.6 Å². The third-order valence-electron chi connectivity index (χ3n) is 7.52. The van der Waals surface area contributed by atoms with Gasteiger partial charge in [0, 0.05) is 23.5 Å². The van der Waals surface area contributed by atoms with E-state index in [0.717, 1.165) is 24.0 Å². The Labute approximate surface area is 164 Å². The highest BCUT2D eigenvalue weighted by molar-refractivity contribution is 5.92. The van der Waals surface area contributed by atoms with Crippen molar-refractivity contribution in [1.29, 1.82) is 0 Å². The molecule has 0 unspecified atom stereocenters. The van der Waals surface area contributed by atoms with E-state index < -0.39 is 17.6 Å². The Hall–Kier alpha value is -2.08. The summed E-state index contributed by atoms with van der Waals surface area (Å²) in [6.07, 6.45) is 6.98. The number of carbonyl (C=O) groups excluding carboxylic acids is 2. The molecule has 6 atom stereocenters. The van der Waals surface area contributed by atoms with Gasteiger partial charge in [0.2, 0.25) is 0 Å². The lowest BCUT2D eigenvalue weighted by atomic mass is 9.46. The maximum absolute atomic E-state index is 12.4. The lowest BCUT2D eigenvalue weighted by Gasteiger charge is -2.58. The summed E-state index contributed by atoms with van der Waals surface area (Å²) in [7, 11) is 0. The van der Waals surface area contributed by atoms with E-state index in [4.69, 9.17) is 13.9 Å². The van der Waals surface area contributed by atoms with E-state index in [0.29, 0.717) is 19.4 Å². The minimum absolute atomic E-state index is 0.0110. The van der Waals surface area contributed by atoms with Gasteiger partial charge in [-0.15, -0.1) is 0 Å². The fourth-order valence-corrected chi connectivity index (χ4v) is 5.99. The van der Waals surface area contributed by atoms with Gasteiger partial charge in [-0.2, -0.15) is 0 Å². The maximum atomic E-state index is 12.4. The summed E-state index contributed by atoms with van der Waals surface area (Å²) in [6, 6.07) is 1.81. The Morgan fingerprint density at radius 2 is 2.25 bits per heavy atom. The molecule has 1 saturated heterocycles. The van der Waals surface area contributed by atoms with Crippen molar-refractivity contribution in [2.24, 2.45) is 22.7 Å². The Bertz CT molecular complexity index is 796. The number of allylic oxidation sites excluding steroid dienone is 1. The number of hydrogen-bond acceptors (Lipinski definition) is 6. The summed E-state index contributed by atoms with van der Waals surface area (Å²) in [5, 5.41) is 11.0. The molecule has 1 aromatic heterocycles. The second kappa shape index (κ2) is 6.76. The number of aliphatic hydroxyl groups is 1. The first-order chi connectivity index (χ1) is 13.3. The molecule has 152 valence electrons. The molecule has 4 rings (SSSR count). The van der Waals surface area contributed by atoms with E-state index in [1.807, 2.05) is 12.1 Å². The molecule has 2 fully saturated rings. The van der Waals surface area contributed by atoms with Crippen LogP contribution in [0.1, 0.15) is 58.1 Å². The van der Waals surface area contributed by atoms with Crippen molar-refractivity contribution >= 4 is 11.9 Å². The van der Waals surface area contributed by atoms with Crippen LogP contribution in [0.15, 0.2) is 34.7 Å². The molecule has 0 amide bonds. The van der Waals surface area contributed by atoms with Crippen LogP contribution in [-0.4, -0.2) is 29.8 Å². The minimum Gasteiger partial charge on any atom is -0.472 e. The van der Waals surface area contributed by atoms with Crippen LogP contribution in [0.5, 0.6) is 0 Å². The van der Waals surface area contributed by atoms with Crippen LogP contribution in [0.25, 0.3) is 0 Å². The summed E-state index contributed by atoms with van der Waals surface area (Å²) in [5.41, 5.74) is 0.742.